The van der Waals surface area contributed by atoms with Crippen LogP contribution in [0.3, 0.4) is 0 Å². The highest BCUT2D eigenvalue weighted by atomic mass is 32.2. The van der Waals surface area contributed by atoms with E-state index in [0.29, 0.717) is 0 Å². The molecule has 0 spiro atoms. The van der Waals surface area contributed by atoms with Gasteiger partial charge in [-0.05, 0) is 6.92 Å². The lowest BCUT2D eigenvalue weighted by atomic mass is 10.5. The van der Waals surface area contributed by atoms with Gasteiger partial charge < -0.3 is 9.64 Å². The van der Waals surface area contributed by atoms with Gasteiger partial charge in [0.2, 0.25) is 0 Å². The van der Waals surface area contributed by atoms with E-state index in [2.05, 4.69) is 4.90 Å². The summed E-state index contributed by atoms with van der Waals surface area (Å²) in [6.45, 7) is 3.04. The van der Waals surface area contributed by atoms with E-state index in [1.54, 1.807) is 18.9 Å². The van der Waals surface area contributed by atoms with Crippen LogP contribution in [0.5, 0.6) is 0 Å². The molecule has 0 saturated carbocycles. The van der Waals surface area contributed by atoms with Crippen LogP contribution in [0.15, 0.2) is 0 Å². The molecule has 58 valence electrons. The standard InChI is InChI=1S/C6H11NOS2/c1-5(8-2)7-3-4-10-6(7)9/h5H,3-4H2,1-2H3. The molecule has 0 aromatic carbocycles. The first-order valence-electron chi connectivity index (χ1n) is 3.22. The van der Waals surface area contributed by atoms with Gasteiger partial charge in [0, 0.05) is 19.4 Å². The van der Waals surface area contributed by atoms with Gasteiger partial charge in [-0.3, -0.25) is 0 Å². The number of thiocarbonyl (C=S) groups is 1. The van der Waals surface area contributed by atoms with Crippen molar-refractivity contribution in [2.24, 2.45) is 0 Å². The largest absolute Gasteiger partial charge is 0.362 e. The van der Waals surface area contributed by atoms with Gasteiger partial charge in [0.25, 0.3) is 0 Å². The van der Waals surface area contributed by atoms with Crippen molar-refractivity contribution in [3.05, 3.63) is 0 Å². The Bertz CT molecular complexity index is 140. The lowest BCUT2D eigenvalue weighted by Gasteiger charge is -2.23. The van der Waals surface area contributed by atoms with Crippen molar-refractivity contribution in [1.29, 1.82) is 0 Å². The van der Waals surface area contributed by atoms with Crippen molar-refractivity contribution in [1.82, 2.24) is 4.90 Å². The fraction of sp³-hybridized carbons (Fsp3) is 0.833. The molecule has 1 aliphatic rings. The molecular weight excluding hydrogens is 166 g/mol. The Morgan fingerprint density at radius 3 is 2.90 bits per heavy atom. The smallest absolute Gasteiger partial charge is 0.138 e. The maximum Gasteiger partial charge on any atom is 0.138 e. The molecule has 10 heavy (non-hydrogen) atoms. The maximum absolute atomic E-state index is 5.13. The molecule has 0 bridgehead atoms. The Morgan fingerprint density at radius 2 is 2.50 bits per heavy atom. The summed E-state index contributed by atoms with van der Waals surface area (Å²) in [5, 5.41) is 0. The molecule has 1 atom stereocenters. The number of thioether (sulfide) groups is 1. The molecule has 1 unspecified atom stereocenters. The predicted molar refractivity (Wildman–Crippen MR) is 48.2 cm³/mol. The lowest BCUT2D eigenvalue weighted by Crippen LogP contribution is -2.33. The van der Waals surface area contributed by atoms with Crippen LogP contribution in [0.4, 0.5) is 0 Å². The summed E-state index contributed by atoms with van der Waals surface area (Å²) in [5.41, 5.74) is 0. The Kier molecular flexibility index (Phi) is 2.95. The van der Waals surface area contributed by atoms with E-state index < -0.39 is 0 Å². The molecule has 1 rings (SSSR count). The topological polar surface area (TPSA) is 12.5 Å². The van der Waals surface area contributed by atoms with Gasteiger partial charge in [-0.1, -0.05) is 24.0 Å². The molecule has 1 fully saturated rings. The second-order valence-electron chi connectivity index (χ2n) is 2.14. The number of rotatable bonds is 2. The molecule has 0 radical (unpaired) electrons. The van der Waals surface area contributed by atoms with Gasteiger partial charge >= 0.3 is 0 Å². The van der Waals surface area contributed by atoms with Crippen molar-refractivity contribution in [3.8, 4) is 0 Å². The molecular formula is C6H11NOS2. The van der Waals surface area contributed by atoms with E-state index >= 15 is 0 Å². The van der Waals surface area contributed by atoms with Crippen molar-refractivity contribution in [2.75, 3.05) is 19.4 Å². The third kappa shape index (κ3) is 1.62. The highest BCUT2D eigenvalue weighted by Crippen LogP contribution is 2.20. The summed E-state index contributed by atoms with van der Waals surface area (Å²) >= 11 is 6.82. The third-order valence-electron chi connectivity index (χ3n) is 1.57. The van der Waals surface area contributed by atoms with Gasteiger partial charge in [0.1, 0.15) is 10.5 Å². The molecule has 0 aromatic heterocycles. The number of nitrogens with zero attached hydrogens (tertiary/aromatic N) is 1. The number of hydrogen-bond acceptors (Lipinski definition) is 3. The average Bonchev–Trinajstić information content (AvgIpc) is 2.34. The summed E-state index contributed by atoms with van der Waals surface area (Å²) in [5.74, 6) is 1.10. The van der Waals surface area contributed by atoms with Gasteiger partial charge in [-0.25, -0.2) is 0 Å². The Labute approximate surface area is 70.9 Å². The van der Waals surface area contributed by atoms with Crippen LogP contribution in [0.2, 0.25) is 0 Å². The van der Waals surface area contributed by atoms with E-state index in [4.69, 9.17) is 17.0 Å². The second-order valence-corrected chi connectivity index (χ2v) is 3.87. The van der Waals surface area contributed by atoms with Crippen LogP contribution in [0.25, 0.3) is 0 Å². The molecule has 4 heteroatoms. The van der Waals surface area contributed by atoms with Crippen molar-refractivity contribution < 1.29 is 4.74 Å². The Morgan fingerprint density at radius 1 is 1.80 bits per heavy atom. The minimum absolute atomic E-state index is 0.141. The number of methoxy groups -OCH3 is 1. The summed E-state index contributed by atoms with van der Waals surface area (Å²) in [6.07, 6.45) is 0.141. The van der Waals surface area contributed by atoms with Crippen LogP contribution >= 0.6 is 24.0 Å². The van der Waals surface area contributed by atoms with E-state index in [0.717, 1.165) is 16.6 Å². The first-order chi connectivity index (χ1) is 4.75. The van der Waals surface area contributed by atoms with Crippen LogP contribution in [-0.2, 0) is 4.74 Å². The van der Waals surface area contributed by atoms with Crippen LogP contribution < -0.4 is 0 Å². The maximum atomic E-state index is 5.13. The van der Waals surface area contributed by atoms with Crippen molar-refractivity contribution in [3.63, 3.8) is 0 Å². The first-order valence-corrected chi connectivity index (χ1v) is 4.61. The molecule has 0 aromatic rings. The van der Waals surface area contributed by atoms with E-state index in [1.165, 1.54) is 0 Å². The number of hydrogen-bond donors (Lipinski definition) is 0. The molecule has 0 N–H and O–H groups in total. The van der Waals surface area contributed by atoms with Crippen molar-refractivity contribution in [2.45, 2.75) is 13.2 Å². The van der Waals surface area contributed by atoms with Gasteiger partial charge in [0.05, 0.1) is 0 Å². The highest BCUT2D eigenvalue weighted by Gasteiger charge is 2.21. The van der Waals surface area contributed by atoms with Crippen LogP contribution in [0.1, 0.15) is 6.92 Å². The zero-order valence-corrected chi connectivity index (χ0v) is 7.80. The Hall–Kier alpha value is 0.200. The molecule has 1 heterocycles. The van der Waals surface area contributed by atoms with Gasteiger partial charge in [0.15, 0.2) is 0 Å². The zero-order chi connectivity index (χ0) is 7.56. The molecule has 2 nitrogen and oxygen atoms in total. The van der Waals surface area contributed by atoms with Crippen molar-refractivity contribution >= 4 is 28.3 Å². The molecule has 0 amide bonds. The number of ether oxygens (including phenoxy) is 1. The van der Waals surface area contributed by atoms with Gasteiger partial charge in [-0.15, -0.1) is 0 Å². The average molecular weight is 177 g/mol. The van der Waals surface area contributed by atoms with E-state index in [-0.39, 0.29) is 6.23 Å². The summed E-state index contributed by atoms with van der Waals surface area (Å²) in [6, 6.07) is 0. The molecule has 1 saturated heterocycles. The van der Waals surface area contributed by atoms with Gasteiger partial charge in [-0.2, -0.15) is 0 Å². The first kappa shape index (κ1) is 8.30. The normalized spacial score (nSPS) is 21.8. The summed E-state index contributed by atoms with van der Waals surface area (Å²) in [4.78, 5) is 2.10. The van der Waals surface area contributed by atoms with Crippen LogP contribution in [-0.4, -0.2) is 34.9 Å². The van der Waals surface area contributed by atoms with Crippen LogP contribution in [0, 0.1) is 0 Å². The predicted octanol–water partition coefficient (Wildman–Crippen LogP) is 1.31. The highest BCUT2D eigenvalue weighted by molar-refractivity contribution is 8.23. The molecule has 1 aliphatic heterocycles. The fourth-order valence-electron chi connectivity index (χ4n) is 0.863. The summed E-state index contributed by atoms with van der Waals surface area (Å²) in [7, 11) is 1.70. The third-order valence-corrected chi connectivity index (χ3v) is 3.03. The lowest BCUT2D eigenvalue weighted by molar-refractivity contribution is 0.0299. The fourth-order valence-corrected chi connectivity index (χ4v) is 2.22. The van der Waals surface area contributed by atoms with E-state index in [9.17, 15) is 0 Å². The second kappa shape index (κ2) is 3.55. The minimum Gasteiger partial charge on any atom is -0.362 e. The Balaban J connectivity index is 2.46. The monoisotopic (exact) mass is 177 g/mol. The minimum atomic E-state index is 0.141. The molecule has 0 aliphatic carbocycles. The SMILES string of the molecule is COC(C)N1CCSC1=S. The summed E-state index contributed by atoms with van der Waals surface area (Å²) < 4.78 is 6.10. The van der Waals surface area contributed by atoms with E-state index in [1.807, 2.05) is 6.92 Å². The zero-order valence-electron chi connectivity index (χ0n) is 6.16. The quantitative estimate of drug-likeness (QED) is 0.589.